The third-order valence-electron chi connectivity index (χ3n) is 5.94. The highest BCUT2D eigenvalue weighted by atomic mass is 15.0. The van der Waals surface area contributed by atoms with Crippen molar-refractivity contribution in [2.45, 2.75) is 44.9 Å². The van der Waals surface area contributed by atoms with Gasteiger partial charge in [0.25, 0.3) is 0 Å². The monoisotopic (exact) mass is 339 g/mol. The Labute approximate surface area is 155 Å². The molecule has 0 radical (unpaired) electrons. The van der Waals surface area contributed by atoms with Gasteiger partial charge < -0.3 is 4.57 Å². The molecule has 0 aliphatic heterocycles. The molecule has 1 aliphatic carbocycles. The first kappa shape index (κ1) is 15.7. The van der Waals surface area contributed by atoms with Crippen LogP contribution in [0.1, 0.15) is 43.2 Å². The van der Waals surface area contributed by atoms with Crippen LogP contribution in [-0.2, 0) is 12.8 Å². The van der Waals surface area contributed by atoms with E-state index in [4.69, 9.17) is 0 Å². The van der Waals surface area contributed by atoms with E-state index in [0.717, 1.165) is 0 Å². The van der Waals surface area contributed by atoms with Crippen molar-refractivity contribution in [1.29, 1.82) is 0 Å². The molecule has 0 saturated carbocycles. The number of hydrogen-bond acceptors (Lipinski definition) is 0. The first-order chi connectivity index (χ1) is 12.9. The molecule has 0 bridgehead atoms. The summed E-state index contributed by atoms with van der Waals surface area (Å²) in [4.78, 5) is 0. The third kappa shape index (κ3) is 2.54. The van der Waals surface area contributed by atoms with Crippen molar-refractivity contribution in [3.8, 4) is 5.69 Å². The minimum atomic E-state index is 1.20. The van der Waals surface area contributed by atoms with E-state index in [-0.39, 0.29) is 0 Å². The summed E-state index contributed by atoms with van der Waals surface area (Å²) in [5, 5.41) is 2.70. The van der Waals surface area contributed by atoms with Crippen molar-refractivity contribution >= 4 is 21.8 Å². The van der Waals surface area contributed by atoms with Gasteiger partial charge in [0.1, 0.15) is 0 Å². The van der Waals surface area contributed by atoms with Crippen molar-refractivity contribution in [3.63, 3.8) is 0 Å². The molecule has 1 aliphatic rings. The molecule has 1 aromatic heterocycles. The maximum Gasteiger partial charge on any atom is 0.0541 e. The molecular formula is C25H25N. The fourth-order valence-electron chi connectivity index (χ4n) is 4.68. The second-order valence-corrected chi connectivity index (χ2v) is 7.55. The molecule has 3 aromatic carbocycles. The molecule has 0 unspecified atom stereocenters. The summed E-state index contributed by atoms with van der Waals surface area (Å²) in [6, 6.07) is 24.6. The lowest BCUT2D eigenvalue weighted by Gasteiger charge is -2.17. The van der Waals surface area contributed by atoms with E-state index < -0.39 is 0 Å². The zero-order valence-electron chi connectivity index (χ0n) is 15.2. The van der Waals surface area contributed by atoms with Gasteiger partial charge in [-0.1, -0.05) is 67.8 Å². The molecule has 130 valence electrons. The number of para-hydroxylation sites is 2. The van der Waals surface area contributed by atoms with Crippen LogP contribution in [0, 0.1) is 0 Å². The predicted molar refractivity (Wildman–Crippen MR) is 111 cm³/mol. The number of nitrogens with zero attached hydrogens (tertiary/aromatic N) is 1. The molecule has 0 N–H and O–H groups in total. The lowest BCUT2D eigenvalue weighted by atomic mass is 9.97. The third-order valence-corrected chi connectivity index (χ3v) is 5.94. The van der Waals surface area contributed by atoms with Gasteiger partial charge in [-0.2, -0.15) is 0 Å². The molecule has 0 fully saturated rings. The molecule has 0 amide bonds. The Morgan fingerprint density at radius 3 is 1.88 bits per heavy atom. The van der Waals surface area contributed by atoms with Gasteiger partial charge in [0.2, 0.25) is 0 Å². The van der Waals surface area contributed by atoms with Crippen LogP contribution < -0.4 is 0 Å². The first-order valence-corrected chi connectivity index (χ1v) is 10.0. The SMILES string of the molecule is c1cc2c(c(-n3c4ccccc4c4ccccc43)c1)CCCCCCC2. The van der Waals surface area contributed by atoms with E-state index in [2.05, 4.69) is 71.3 Å². The summed E-state index contributed by atoms with van der Waals surface area (Å²) in [6.45, 7) is 0. The average Bonchev–Trinajstić information content (AvgIpc) is 3.07. The molecule has 26 heavy (non-hydrogen) atoms. The van der Waals surface area contributed by atoms with E-state index in [1.54, 1.807) is 11.1 Å². The van der Waals surface area contributed by atoms with Crippen LogP contribution in [0.2, 0.25) is 0 Å². The van der Waals surface area contributed by atoms with Crippen LogP contribution in [0.4, 0.5) is 0 Å². The molecule has 4 aromatic rings. The van der Waals surface area contributed by atoms with Gasteiger partial charge in [0.15, 0.2) is 0 Å². The topological polar surface area (TPSA) is 4.93 Å². The minimum absolute atomic E-state index is 1.20. The van der Waals surface area contributed by atoms with E-state index in [0.29, 0.717) is 0 Å². The molecule has 0 saturated heterocycles. The number of rotatable bonds is 1. The van der Waals surface area contributed by atoms with Crippen molar-refractivity contribution in [3.05, 3.63) is 77.9 Å². The van der Waals surface area contributed by atoms with E-state index in [1.165, 1.54) is 72.4 Å². The van der Waals surface area contributed by atoms with Gasteiger partial charge in [-0.3, -0.25) is 0 Å². The van der Waals surface area contributed by atoms with Crippen molar-refractivity contribution in [1.82, 2.24) is 4.57 Å². The fraction of sp³-hybridized carbons (Fsp3) is 0.280. The maximum absolute atomic E-state index is 2.50. The van der Waals surface area contributed by atoms with Gasteiger partial charge in [-0.25, -0.2) is 0 Å². The number of aryl methyl sites for hydroxylation is 1. The Morgan fingerprint density at radius 1 is 0.538 bits per heavy atom. The second kappa shape index (κ2) is 6.64. The van der Waals surface area contributed by atoms with Crippen LogP contribution >= 0.6 is 0 Å². The van der Waals surface area contributed by atoms with Gasteiger partial charge in [-0.05, 0) is 55.0 Å². The highest BCUT2D eigenvalue weighted by Gasteiger charge is 2.16. The summed E-state index contributed by atoms with van der Waals surface area (Å²) >= 11 is 0. The predicted octanol–water partition coefficient (Wildman–Crippen LogP) is 6.83. The normalized spacial score (nSPS) is 15.4. The number of hydrogen-bond donors (Lipinski definition) is 0. The second-order valence-electron chi connectivity index (χ2n) is 7.55. The van der Waals surface area contributed by atoms with E-state index >= 15 is 0 Å². The van der Waals surface area contributed by atoms with Crippen LogP contribution in [0.15, 0.2) is 66.7 Å². The van der Waals surface area contributed by atoms with E-state index in [1.807, 2.05) is 0 Å². The molecule has 1 nitrogen and oxygen atoms in total. The van der Waals surface area contributed by atoms with Crippen molar-refractivity contribution < 1.29 is 0 Å². The van der Waals surface area contributed by atoms with Gasteiger partial charge in [0, 0.05) is 16.5 Å². The van der Waals surface area contributed by atoms with E-state index in [9.17, 15) is 0 Å². The molecule has 1 heterocycles. The summed E-state index contributed by atoms with van der Waals surface area (Å²) in [5.41, 5.74) is 7.16. The molecule has 5 rings (SSSR count). The lowest BCUT2D eigenvalue weighted by molar-refractivity contribution is 0.629. The van der Waals surface area contributed by atoms with Crippen LogP contribution in [0.5, 0.6) is 0 Å². The fourth-order valence-corrected chi connectivity index (χ4v) is 4.68. The number of benzene rings is 3. The lowest BCUT2D eigenvalue weighted by Crippen LogP contribution is -2.03. The highest BCUT2D eigenvalue weighted by Crippen LogP contribution is 2.34. The number of fused-ring (bicyclic) bond motifs is 4. The Kier molecular flexibility index (Phi) is 4.01. The standard InChI is InChI=1S/C25H25N/c1-2-4-11-19-12-10-18-23(20(19)13-5-3-1)26-24-16-8-6-14-21(24)22-15-7-9-17-25(22)26/h6-10,12,14-18H,1-5,11,13H2. The summed E-state index contributed by atoms with van der Waals surface area (Å²) in [6.07, 6.45) is 9.18. The van der Waals surface area contributed by atoms with Gasteiger partial charge in [0.05, 0.1) is 11.0 Å². The zero-order chi connectivity index (χ0) is 17.3. The van der Waals surface area contributed by atoms with Crippen LogP contribution in [0.25, 0.3) is 27.5 Å². The zero-order valence-corrected chi connectivity index (χ0v) is 15.2. The summed E-state index contributed by atoms with van der Waals surface area (Å²) in [5.74, 6) is 0. The maximum atomic E-state index is 2.50. The van der Waals surface area contributed by atoms with Crippen molar-refractivity contribution in [2.24, 2.45) is 0 Å². The van der Waals surface area contributed by atoms with Crippen LogP contribution in [0.3, 0.4) is 0 Å². The summed E-state index contributed by atoms with van der Waals surface area (Å²) < 4.78 is 2.50. The summed E-state index contributed by atoms with van der Waals surface area (Å²) in [7, 11) is 0. The van der Waals surface area contributed by atoms with Gasteiger partial charge >= 0.3 is 0 Å². The van der Waals surface area contributed by atoms with Gasteiger partial charge in [-0.15, -0.1) is 0 Å². The quantitative estimate of drug-likeness (QED) is 0.358. The molecular weight excluding hydrogens is 314 g/mol. The molecule has 0 spiro atoms. The van der Waals surface area contributed by atoms with Crippen LogP contribution in [-0.4, -0.2) is 4.57 Å². The highest BCUT2D eigenvalue weighted by molar-refractivity contribution is 6.09. The minimum Gasteiger partial charge on any atom is -0.309 e. The van der Waals surface area contributed by atoms with Crippen molar-refractivity contribution in [2.75, 3.05) is 0 Å². The Hall–Kier alpha value is -2.54. The largest absolute Gasteiger partial charge is 0.309 e. The first-order valence-electron chi connectivity index (χ1n) is 10.0. The number of aromatic nitrogens is 1. The smallest absolute Gasteiger partial charge is 0.0541 e. The molecule has 0 atom stereocenters. The Morgan fingerprint density at radius 2 is 1.15 bits per heavy atom. The Balaban J connectivity index is 1.82. The average molecular weight is 339 g/mol. The Bertz CT molecular complexity index is 1020. The molecule has 1 heteroatoms.